The van der Waals surface area contributed by atoms with Gasteiger partial charge in [-0.2, -0.15) is 8.42 Å². The van der Waals surface area contributed by atoms with Gasteiger partial charge in [0.2, 0.25) is 0 Å². The number of aliphatic hydroxyl groups excluding tert-OH is 1. The molecule has 0 saturated heterocycles. The minimum atomic E-state index is -3.76. The van der Waals surface area contributed by atoms with Crippen molar-refractivity contribution < 1.29 is 18.1 Å². The number of aliphatic hydroxyl groups is 1. The molecule has 0 aliphatic carbocycles. The highest BCUT2D eigenvalue weighted by atomic mass is 32.2. The van der Waals surface area contributed by atoms with Gasteiger partial charge in [0.25, 0.3) is 10.1 Å². The van der Waals surface area contributed by atoms with E-state index in [1.165, 1.54) is 51.4 Å². The van der Waals surface area contributed by atoms with E-state index in [1.54, 1.807) is 0 Å². The van der Waals surface area contributed by atoms with Crippen LogP contribution in [0.15, 0.2) is 0 Å². The summed E-state index contributed by atoms with van der Waals surface area (Å²) in [5, 5.41) is 9.62. The maximum absolute atomic E-state index is 10.5. The van der Waals surface area contributed by atoms with Crippen LogP contribution in [0.25, 0.3) is 0 Å². The molecule has 0 aromatic carbocycles. The van der Waals surface area contributed by atoms with Crippen molar-refractivity contribution in [2.45, 2.75) is 109 Å². The summed E-state index contributed by atoms with van der Waals surface area (Å²) < 4.78 is 29.7. The van der Waals surface area contributed by atoms with E-state index in [0.717, 1.165) is 38.5 Å². The predicted octanol–water partition coefficient (Wildman–Crippen LogP) is 5.11. The van der Waals surface area contributed by atoms with Gasteiger partial charge in [-0.05, 0) is 19.3 Å². The monoisotopic (exact) mass is 350 g/mol. The zero-order valence-electron chi connectivity index (χ0n) is 15.0. The van der Waals surface area contributed by atoms with Crippen LogP contribution < -0.4 is 0 Å². The lowest BCUT2D eigenvalue weighted by Crippen LogP contribution is -2.04. The Hall–Kier alpha value is -0.130. The highest BCUT2D eigenvalue weighted by Crippen LogP contribution is 2.14. The Bertz CT molecular complexity index is 341. The summed E-state index contributed by atoms with van der Waals surface area (Å²) in [4.78, 5) is 0. The van der Waals surface area contributed by atoms with Crippen LogP contribution in [0.3, 0.4) is 0 Å². The van der Waals surface area contributed by atoms with Gasteiger partial charge >= 0.3 is 0 Å². The molecule has 1 unspecified atom stereocenters. The first-order valence-electron chi connectivity index (χ1n) is 9.59. The third-order valence-corrected chi connectivity index (χ3v) is 5.12. The van der Waals surface area contributed by atoms with Gasteiger partial charge < -0.3 is 5.11 Å². The van der Waals surface area contributed by atoms with E-state index >= 15 is 0 Å². The smallest absolute Gasteiger partial charge is 0.264 e. The van der Waals surface area contributed by atoms with Gasteiger partial charge in [-0.25, -0.2) is 0 Å². The lowest BCUT2D eigenvalue weighted by Gasteiger charge is -2.08. The fourth-order valence-corrected chi connectivity index (χ4v) is 3.48. The van der Waals surface area contributed by atoms with Gasteiger partial charge in [-0.3, -0.25) is 4.55 Å². The molecule has 0 bridgehead atoms. The molecule has 0 aromatic rings. The third-order valence-electron chi connectivity index (χ3n) is 4.31. The summed E-state index contributed by atoms with van der Waals surface area (Å²) in [6, 6.07) is 0. The van der Waals surface area contributed by atoms with Gasteiger partial charge in [0, 0.05) is 0 Å². The summed E-state index contributed by atoms with van der Waals surface area (Å²) in [7, 11) is -3.76. The molecule has 0 aliphatic heterocycles. The number of hydrogen-bond donors (Lipinski definition) is 2. The molecule has 1 atom stereocenters. The predicted molar refractivity (Wildman–Crippen MR) is 97.4 cm³/mol. The van der Waals surface area contributed by atoms with Crippen LogP contribution >= 0.6 is 0 Å². The first-order chi connectivity index (χ1) is 11.0. The van der Waals surface area contributed by atoms with Crippen LogP contribution in [0.1, 0.15) is 103 Å². The average molecular weight is 351 g/mol. The van der Waals surface area contributed by atoms with E-state index < -0.39 is 10.1 Å². The fraction of sp³-hybridized carbons (Fsp3) is 1.00. The lowest BCUT2D eigenvalue weighted by atomic mass is 10.0. The first kappa shape index (κ1) is 22.9. The van der Waals surface area contributed by atoms with Crippen LogP contribution in [0.2, 0.25) is 0 Å². The Kier molecular flexibility index (Phi) is 15.3. The molecule has 0 spiro atoms. The minimum Gasteiger partial charge on any atom is -0.393 e. The van der Waals surface area contributed by atoms with E-state index in [-0.39, 0.29) is 11.9 Å². The van der Waals surface area contributed by atoms with Gasteiger partial charge in [-0.1, -0.05) is 84.0 Å². The van der Waals surface area contributed by atoms with Crippen molar-refractivity contribution in [1.29, 1.82) is 0 Å². The van der Waals surface area contributed by atoms with Gasteiger partial charge in [0.1, 0.15) is 0 Å². The largest absolute Gasteiger partial charge is 0.393 e. The summed E-state index contributed by atoms with van der Waals surface area (Å²) >= 11 is 0. The molecule has 140 valence electrons. The van der Waals surface area contributed by atoms with Gasteiger partial charge in [0.05, 0.1) is 11.9 Å². The molecule has 0 saturated carbocycles. The van der Waals surface area contributed by atoms with Crippen LogP contribution in [-0.4, -0.2) is 29.9 Å². The Morgan fingerprint density at radius 2 is 1.09 bits per heavy atom. The maximum atomic E-state index is 10.5. The quantitative estimate of drug-likeness (QED) is 0.282. The summed E-state index contributed by atoms with van der Waals surface area (Å²) in [5.41, 5.74) is 0. The number of unbranched alkanes of at least 4 members (excludes halogenated alkanes) is 11. The van der Waals surface area contributed by atoms with Crippen LogP contribution in [-0.2, 0) is 10.1 Å². The number of hydrogen-bond acceptors (Lipinski definition) is 3. The molecule has 0 aromatic heterocycles. The van der Waals surface area contributed by atoms with E-state index in [9.17, 15) is 13.5 Å². The molecular formula is C18H38O4S. The van der Waals surface area contributed by atoms with E-state index in [1.807, 2.05) is 0 Å². The van der Waals surface area contributed by atoms with Gasteiger partial charge in [-0.15, -0.1) is 0 Å². The Labute approximate surface area is 143 Å². The maximum Gasteiger partial charge on any atom is 0.264 e. The second-order valence-corrected chi connectivity index (χ2v) is 8.33. The zero-order chi connectivity index (χ0) is 17.4. The van der Waals surface area contributed by atoms with Crippen molar-refractivity contribution >= 4 is 10.1 Å². The topological polar surface area (TPSA) is 74.6 Å². The summed E-state index contributed by atoms with van der Waals surface area (Å²) in [5.74, 6) is -0.0948. The molecule has 0 heterocycles. The van der Waals surface area contributed by atoms with Crippen molar-refractivity contribution in [3.05, 3.63) is 0 Å². The Morgan fingerprint density at radius 3 is 1.48 bits per heavy atom. The molecule has 23 heavy (non-hydrogen) atoms. The van der Waals surface area contributed by atoms with Crippen molar-refractivity contribution in [1.82, 2.24) is 0 Å². The normalized spacial score (nSPS) is 13.3. The summed E-state index contributed by atoms with van der Waals surface area (Å²) in [6.45, 7) is 2.11. The Morgan fingerprint density at radius 1 is 0.696 bits per heavy atom. The molecule has 5 heteroatoms. The standard InChI is InChI=1S/C18H38O4S/c1-2-15-18(19)16-13-11-9-7-5-3-4-6-8-10-12-14-17-23(20,21)22/h18-19H,2-17H2,1H3,(H,20,21,22). The van der Waals surface area contributed by atoms with Crippen molar-refractivity contribution in [3.63, 3.8) is 0 Å². The lowest BCUT2D eigenvalue weighted by molar-refractivity contribution is 0.150. The molecular weight excluding hydrogens is 312 g/mol. The van der Waals surface area contributed by atoms with Crippen molar-refractivity contribution in [2.24, 2.45) is 0 Å². The molecule has 0 rings (SSSR count). The number of rotatable bonds is 17. The molecule has 0 aliphatic rings. The van der Waals surface area contributed by atoms with Crippen molar-refractivity contribution in [3.8, 4) is 0 Å². The first-order valence-corrected chi connectivity index (χ1v) is 11.2. The van der Waals surface area contributed by atoms with E-state index in [2.05, 4.69) is 6.92 Å². The molecule has 0 radical (unpaired) electrons. The fourth-order valence-electron chi connectivity index (χ4n) is 2.91. The minimum absolute atomic E-state index is 0.0857. The van der Waals surface area contributed by atoms with Gasteiger partial charge in [0.15, 0.2) is 0 Å². The van der Waals surface area contributed by atoms with Crippen molar-refractivity contribution in [2.75, 3.05) is 5.75 Å². The molecule has 4 nitrogen and oxygen atoms in total. The van der Waals surface area contributed by atoms with Crippen LogP contribution in [0, 0.1) is 0 Å². The SMILES string of the molecule is CCCC(O)CCCCCCCCCCCCCCS(=O)(=O)O. The molecule has 0 fully saturated rings. The van der Waals surface area contributed by atoms with E-state index in [4.69, 9.17) is 4.55 Å². The van der Waals surface area contributed by atoms with Crippen LogP contribution in [0.4, 0.5) is 0 Å². The molecule has 0 amide bonds. The highest BCUT2D eigenvalue weighted by Gasteiger charge is 2.03. The highest BCUT2D eigenvalue weighted by molar-refractivity contribution is 7.85. The Balaban J connectivity index is 3.11. The zero-order valence-corrected chi connectivity index (χ0v) is 15.8. The third kappa shape index (κ3) is 19.8. The van der Waals surface area contributed by atoms with Crippen LogP contribution in [0.5, 0.6) is 0 Å². The van der Waals surface area contributed by atoms with E-state index in [0.29, 0.717) is 6.42 Å². The molecule has 2 N–H and O–H groups in total. The summed E-state index contributed by atoms with van der Waals surface area (Å²) in [6.07, 6.45) is 16.7. The second-order valence-electron chi connectivity index (χ2n) is 6.76. The second kappa shape index (κ2) is 15.4. The average Bonchev–Trinajstić information content (AvgIpc) is 2.46.